The zero-order valence-electron chi connectivity index (χ0n) is 23.5. The Morgan fingerprint density at radius 2 is 1.97 bits per heavy atom. The largest absolute Gasteiger partial charge is 0.458 e. The third-order valence-corrected chi connectivity index (χ3v) is 10.2. The molecule has 3 saturated carbocycles. The highest BCUT2D eigenvalue weighted by Crippen LogP contribution is 2.60. The van der Waals surface area contributed by atoms with Crippen LogP contribution in [0.5, 0.6) is 0 Å². The molecule has 0 unspecified atom stereocenters. The maximum Gasteiger partial charge on any atom is 0.334 e. The lowest BCUT2D eigenvalue weighted by atomic mass is 9.60. The molecule has 6 heteroatoms. The fourth-order valence-corrected chi connectivity index (χ4v) is 8.08. The van der Waals surface area contributed by atoms with Gasteiger partial charge in [-0.15, -0.1) is 0 Å². The molecule has 0 amide bonds. The normalized spacial score (nSPS) is 40.6. The van der Waals surface area contributed by atoms with Gasteiger partial charge in [-0.1, -0.05) is 51.7 Å². The van der Waals surface area contributed by atoms with Gasteiger partial charge in [0, 0.05) is 31.1 Å². The van der Waals surface area contributed by atoms with Gasteiger partial charge < -0.3 is 24.8 Å². The van der Waals surface area contributed by atoms with E-state index in [2.05, 4.69) is 46.1 Å². The van der Waals surface area contributed by atoms with Crippen LogP contribution in [0.3, 0.4) is 0 Å². The molecule has 1 saturated heterocycles. The summed E-state index contributed by atoms with van der Waals surface area (Å²) in [6, 6.07) is 0. The van der Waals surface area contributed by atoms with E-state index in [0.29, 0.717) is 48.3 Å². The summed E-state index contributed by atoms with van der Waals surface area (Å²) in [7, 11) is 0. The van der Waals surface area contributed by atoms with Crippen LogP contribution in [-0.2, 0) is 14.3 Å². The number of ether oxygens (including phenoxy) is 2. The molecule has 6 nitrogen and oxygen atoms in total. The van der Waals surface area contributed by atoms with E-state index in [-0.39, 0.29) is 30.0 Å². The minimum absolute atomic E-state index is 0.0152. The summed E-state index contributed by atoms with van der Waals surface area (Å²) in [6.07, 6.45) is 10.2. The number of fused-ring (bicyclic) bond motifs is 1. The van der Waals surface area contributed by atoms with Crippen molar-refractivity contribution >= 4 is 5.97 Å². The van der Waals surface area contributed by atoms with Crippen molar-refractivity contribution < 1.29 is 29.6 Å². The van der Waals surface area contributed by atoms with Crippen LogP contribution in [0.15, 0.2) is 47.6 Å². The number of carbonyl (C=O) groups excluding carboxylic acids is 1. The number of hydrogen-bond donors (Lipinski definition) is 3. The molecule has 0 spiro atoms. The first-order valence-electron chi connectivity index (χ1n) is 14.7. The standard InChI is InChI=1S/C32H48O6/c1-6-24-21(4)31(36)38-28(24)17-19(2)25-12-13-26-22(9-7-14-32(25,26)5)10-11-23-18-27(34)30(29(35)20(23)3)37-16-8-15-33/h10-11,19,24-30,33-35H,3-4,6-9,12-18H2,1-2,5H3/b22-10+,23-11-/t19-,24+,25-,26+,27-,28+,29-,30+,32-/m1/s1. The lowest BCUT2D eigenvalue weighted by Crippen LogP contribution is -2.45. The molecule has 0 aromatic rings. The van der Waals surface area contributed by atoms with Gasteiger partial charge in [-0.2, -0.15) is 0 Å². The molecule has 0 aromatic heterocycles. The van der Waals surface area contributed by atoms with Crippen molar-refractivity contribution in [1.82, 2.24) is 0 Å². The second-order valence-corrected chi connectivity index (χ2v) is 12.4. The molecule has 9 atom stereocenters. The molecule has 1 aliphatic heterocycles. The van der Waals surface area contributed by atoms with Gasteiger partial charge in [0.1, 0.15) is 18.3 Å². The Labute approximate surface area is 228 Å². The zero-order chi connectivity index (χ0) is 27.6. The number of rotatable bonds is 9. The molecule has 4 aliphatic rings. The minimum Gasteiger partial charge on any atom is -0.458 e. The van der Waals surface area contributed by atoms with Gasteiger partial charge in [-0.25, -0.2) is 4.79 Å². The van der Waals surface area contributed by atoms with Crippen molar-refractivity contribution in [2.24, 2.45) is 29.1 Å². The summed E-state index contributed by atoms with van der Waals surface area (Å²) in [5.74, 6) is 1.48. The summed E-state index contributed by atoms with van der Waals surface area (Å²) >= 11 is 0. The fraction of sp³-hybridized carbons (Fsp3) is 0.719. The zero-order valence-corrected chi connectivity index (χ0v) is 23.5. The average Bonchev–Trinajstić information content (AvgIpc) is 3.37. The summed E-state index contributed by atoms with van der Waals surface area (Å²) in [5, 5.41) is 30.4. The first-order chi connectivity index (χ1) is 18.1. The van der Waals surface area contributed by atoms with Gasteiger partial charge in [0.05, 0.1) is 6.10 Å². The molecule has 3 N–H and O–H groups in total. The number of aliphatic hydroxyl groups is 3. The van der Waals surface area contributed by atoms with Crippen molar-refractivity contribution in [2.75, 3.05) is 13.2 Å². The van der Waals surface area contributed by atoms with Crippen LogP contribution in [0, 0.1) is 29.1 Å². The Kier molecular flexibility index (Phi) is 9.39. The van der Waals surface area contributed by atoms with Crippen LogP contribution in [0.2, 0.25) is 0 Å². The van der Waals surface area contributed by atoms with E-state index in [1.807, 2.05) is 0 Å². The van der Waals surface area contributed by atoms with Gasteiger partial charge in [-0.3, -0.25) is 0 Å². The Morgan fingerprint density at radius 1 is 1.21 bits per heavy atom. The molecule has 0 bridgehead atoms. The third kappa shape index (κ3) is 5.60. The third-order valence-electron chi connectivity index (χ3n) is 10.2. The van der Waals surface area contributed by atoms with Crippen LogP contribution >= 0.6 is 0 Å². The number of aliphatic hydroxyl groups excluding tert-OH is 3. The van der Waals surface area contributed by atoms with Crippen LogP contribution in [0.25, 0.3) is 0 Å². The first-order valence-corrected chi connectivity index (χ1v) is 14.7. The Balaban J connectivity index is 1.45. The molecule has 1 heterocycles. The summed E-state index contributed by atoms with van der Waals surface area (Å²) < 4.78 is 11.4. The number of allylic oxidation sites excluding steroid dienone is 3. The van der Waals surface area contributed by atoms with Crippen molar-refractivity contribution in [1.29, 1.82) is 0 Å². The predicted octanol–water partition coefficient (Wildman–Crippen LogP) is 5.04. The van der Waals surface area contributed by atoms with E-state index < -0.39 is 18.3 Å². The van der Waals surface area contributed by atoms with E-state index in [1.165, 1.54) is 24.8 Å². The minimum atomic E-state index is -0.955. The van der Waals surface area contributed by atoms with Gasteiger partial charge >= 0.3 is 5.97 Å². The van der Waals surface area contributed by atoms with Crippen molar-refractivity contribution in [3.8, 4) is 0 Å². The smallest absolute Gasteiger partial charge is 0.334 e. The van der Waals surface area contributed by atoms with Gasteiger partial charge in [0.2, 0.25) is 0 Å². The Morgan fingerprint density at radius 3 is 2.68 bits per heavy atom. The monoisotopic (exact) mass is 528 g/mol. The highest BCUT2D eigenvalue weighted by molar-refractivity contribution is 5.90. The number of esters is 1. The highest BCUT2D eigenvalue weighted by atomic mass is 16.6. The lowest BCUT2D eigenvalue weighted by Gasteiger charge is -2.45. The highest BCUT2D eigenvalue weighted by Gasteiger charge is 2.51. The van der Waals surface area contributed by atoms with Gasteiger partial charge in [0.15, 0.2) is 0 Å². The number of cyclic esters (lactones) is 1. The predicted molar refractivity (Wildman–Crippen MR) is 148 cm³/mol. The Bertz CT molecular complexity index is 965. The van der Waals surface area contributed by atoms with E-state index in [4.69, 9.17) is 14.6 Å². The number of carbonyl (C=O) groups is 1. The van der Waals surface area contributed by atoms with E-state index in [1.54, 1.807) is 0 Å². The molecule has 0 aromatic carbocycles. The molecule has 0 radical (unpaired) electrons. The van der Waals surface area contributed by atoms with Crippen molar-refractivity contribution in [3.63, 3.8) is 0 Å². The molecular weight excluding hydrogens is 480 g/mol. The quantitative estimate of drug-likeness (QED) is 0.220. The van der Waals surface area contributed by atoms with E-state index in [9.17, 15) is 15.0 Å². The van der Waals surface area contributed by atoms with Crippen LogP contribution in [-0.4, -0.2) is 58.9 Å². The molecule has 4 fully saturated rings. The summed E-state index contributed by atoms with van der Waals surface area (Å²) in [5.41, 5.74) is 3.81. The average molecular weight is 529 g/mol. The van der Waals surface area contributed by atoms with E-state index in [0.717, 1.165) is 31.3 Å². The second kappa shape index (κ2) is 12.2. The Hall–Kier alpha value is -1.73. The molecule has 4 rings (SSSR count). The maximum absolute atomic E-state index is 12.1. The van der Waals surface area contributed by atoms with Crippen LogP contribution < -0.4 is 0 Å². The fourth-order valence-electron chi connectivity index (χ4n) is 8.08. The SMILES string of the molecule is C=C1/C(=C\C=C2/CCC[C@]3(C)[C@@H]([C@H](C)C[C@@H]4OC(=O)C(=C)[C@@H]4CC)CC[C@@H]23)C[C@@H](O)[C@H](OCCCO)[C@@H]1O. The van der Waals surface area contributed by atoms with Crippen molar-refractivity contribution in [3.05, 3.63) is 47.6 Å². The molecular formula is C32H48O6. The molecule has 212 valence electrons. The molecule has 38 heavy (non-hydrogen) atoms. The van der Waals surface area contributed by atoms with Gasteiger partial charge in [0.25, 0.3) is 0 Å². The second-order valence-electron chi connectivity index (χ2n) is 12.4. The van der Waals surface area contributed by atoms with Crippen LogP contribution in [0.1, 0.15) is 78.6 Å². The maximum atomic E-state index is 12.1. The summed E-state index contributed by atoms with van der Waals surface area (Å²) in [6.45, 7) is 15.3. The number of hydrogen-bond acceptors (Lipinski definition) is 6. The van der Waals surface area contributed by atoms with E-state index >= 15 is 0 Å². The summed E-state index contributed by atoms with van der Waals surface area (Å²) in [4.78, 5) is 12.1. The van der Waals surface area contributed by atoms with Crippen molar-refractivity contribution in [2.45, 2.75) is 103 Å². The van der Waals surface area contributed by atoms with Gasteiger partial charge in [-0.05, 0) is 85.7 Å². The lowest BCUT2D eigenvalue weighted by molar-refractivity contribution is -0.140. The topological polar surface area (TPSA) is 96.2 Å². The molecule has 3 aliphatic carbocycles. The first kappa shape index (κ1) is 29.3. The van der Waals surface area contributed by atoms with Crippen LogP contribution in [0.4, 0.5) is 0 Å².